The van der Waals surface area contributed by atoms with E-state index in [1.165, 1.54) is 17.3 Å². The maximum atomic E-state index is 8.71. The average Bonchev–Trinajstić information content (AvgIpc) is 2.96. The highest BCUT2D eigenvalue weighted by Crippen LogP contribution is 2.23. The zero-order valence-corrected chi connectivity index (χ0v) is 12.5. The molecular formula is C16H14N4S. The zero-order valence-electron chi connectivity index (χ0n) is 11.7. The number of rotatable bonds is 4. The van der Waals surface area contributed by atoms with Gasteiger partial charge in [-0.3, -0.25) is 0 Å². The van der Waals surface area contributed by atoms with E-state index in [1.54, 1.807) is 0 Å². The quantitative estimate of drug-likeness (QED) is 0.690. The monoisotopic (exact) mass is 294 g/mol. The molecule has 0 amide bonds. The summed E-state index contributed by atoms with van der Waals surface area (Å²) >= 11 is 1.53. The molecule has 0 unspecified atom stereocenters. The Balaban J connectivity index is 2.05. The van der Waals surface area contributed by atoms with E-state index in [0.29, 0.717) is 6.42 Å². The van der Waals surface area contributed by atoms with Crippen LogP contribution in [0, 0.1) is 11.3 Å². The first-order valence-corrected chi connectivity index (χ1v) is 7.89. The third-order valence-electron chi connectivity index (χ3n) is 3.31. The van der Waals surface area contributed by atoms with Gasteiger partial charge in [-0.2, -0.15) is 5.26 Å². The van der Waals surface area contributed by atoms with E-state index >= 15 is 0 Å². The molecule has 0 saturated heterocycles. The Hall–Kier alpha value is -2.32. The molecule has 0 atom stereocenters. The lowest BCUT2D eigenvalue weighted by atomic mass is 10.1. The van der Waals surface area contributed by atoms with E-state index in [2.05, 4.69) is 40.4 Å². The van der Waals surface area contributed by atoms with E-state index in [4.69, 9.17) is 5.26 Å². The SMILES string of the molecule is CSc1ncc2ccc(-c3cccc(CCC#N)c3)n2n1. The summed E-state index contributed by atoms with van der Waals surface area (Å²) in [6, 6.07) is 14.5. The minimum absolute atomic E-state index is 0.539. The Labute approximate surface area is 127 Å². The highest BCUT2D eigenvalue weighted by Gasteiger charge is 2.07. The van der Waals surface area contributed by atoms with E-state index in [-0.39, 0.29) is 0 Å². The van der Waals surface area contributed by atoms with Gasteiger partial charge in [0.2, 0.25) is 5.16 Å². The molecule has 2 aromatic heterocycles. The Bertz CT molecular complexity index is 817. The largest absolute Gasteiger partial charge is 0.229 e. The van der Waals surface area contributed by atoms with Crippen molar-refractivity contribution in [2.75, 3.05) is 6.26 Å². The Morgan fingerprint density at radius 3 is 3.00 bits per heavy atom. The Morgan fingerprint density at radius 1 is 1.29 bits per heavy atom. The van der Waals surface area contributed by atoms with Crippen molar-refractivity contribution < 1.29 is 0 Å². The number of hydrogen-bond acceptors (Lipinski definition) is 4. The minimum Gasteiger partial charge on any atom is -0.229 e. The average molecular weight is 294 g/mol. The maximum absolute atomic E-state index is 8.71. The molecule has 104 valence electrons. The molecule has 0 radical (unpaired) electrons. The van der Waals surface area contributed by atoms with Crippen LogP contribution in [0.25, 0.3) is 16.8 Å². The molecule has 0 aliphatic carbocycles. The Kier molecular flexibility index (Phi) is 3.89. The molecular weight excluding hydrogens is 280 g/mol. The number of aryl methyl sites for hydroxylation is 1. The number of aromatic nitrogens is 3. The van der Waals surface area contributed by atoms with Gasteiger partial charge in [-0.05, 0) is 36.4 Å². The number of thioether (sulfide) groups is 1. The standard InChI is InChI=1S/C16H14N4S/c1-21-16-18-11-14-7-8-15(20(14)19-16)13-6-2-4-12(10-13)5-3-9-17/h2,4,6-8,10-11H,3,5H2,1H3. The lowest BCUT2D eigenvalue weighted by molar-refractivity contribution is 0.803. The summed E-state index contributed by atoms with van der Waals surface area (Å²) in [6.45, 7) is 0. The van der Waals surface area contributed by atoms with Crippen LogP contribution in [0.15, 0.2) is 47.8 Å². The maximum Gasteiger partial charge on any atom is 0.207 e. The first-order chi connectivity index (χ1) is 10.3. The molecule has 4 nitrogen and oxygen atoms in total. The fourth-order valence-electron chi connectivity index (χ4n) is 2.29. The summed E-state index contributed by atoms with van der Waals surface area (Å²) in [5.41, 5.74) is 4.30. The molecule has 0 saturated carbocycles. The van der Waals surface area contributed by atoms with E-state index in [9.17, 15) is 0 Å². The van der Waals surface area contributed by atoms with Crippen LogP contribution in [-0.2, 0) is 6.42 Å². The van der Waals surface area contributed by atoms with Crippen molar-refractivity contribution >= 4 is 17.3 Å². The molecule has 0 fully saturated rings. The van der Waals surface area contributed by atoms with Gasteiger partial charge in [-0.15, -0.1) is 5.10 Å². The lowest BCUT2D eigenvalue weighted by Crippen LogP contribution is -1.98. The van der Waals surface area contributed by atoms with Gasteiger partial charge in [0, 0.05) is 12.0 Å². The molecule has 21 heavy (non-hydrogen) atoms. The molecule has 0 bridgehead atoms. The molecule has 3 aromatic rings. The summed E-state index contributed by atoms with van der Waals surface area (Å²) in [5, 5.41) is 14.0. The van der Waals surface area contributed by atoms with Gasteiger partial charge in [0.25, 0.3) is 0 Å². The zero-order chi connectivity index (χ0) is 14.7. The van der Waals surface area contributed by atoms with Crippen LogP contribution in [0.5, 0.6) is 0 Å². The fraction of sp³-hybridized carbons (Fsp3) is 0.188. The van der Waals surface area contributed by atoms with Gasteiger partial charge in [0.1, 0.15) is 0 Å². The van der Waals surface area contributed by atoms with Crippen LogP contribution in [0.2, 0.25) is 0 Å². The van der Waals surface area contributed by atoms with Gasteiger partial charge in [-0.1, -0.05) is 30.0 Å². The van der Waals surface area contributed by atoms with Crippen molar-refractivity contribution in [3.63, 3.8) is 0 Å². The van der Waals surface area contributed by atoms with Gasteiger partial charge in [0.15, 0.2) is 0 Å². The molecule has 0 aliphatic heterocycles. The highest BCUT2D eigenvalue weighted by atomic mass is 32.2. The first kappa shape index (κ1) is 13.7. The van der Waals surface area contributed by atoms with Crippen LogP contribution in [0.4, 0.5) is 0 Å². The Morgan fingerprint density at radius 2 is 2.19 bits per heavy atom. The summed E-state index contributed by atoms with van der Waals surface area (Å²) in [6.07, 6.45) is 5.12. The smallest absolute Gasteiger partial charge is 0.207 e. The number of nitriles is 1. The third kappa shape index (κ3) is 2.76. The predicted molar refractivity (Wildman–Crippen MR) is 84.1 cm³/mol. The van der Waals surface area contributed by atoms with Crippen LogP contribution < -0.4 is 0 Å². The molecule has 0 N–H and O–H groups in total. The number of benzene rings is 1. The summed E-state index contributed by atoms with van der Waals surface area (Å²) in [5.74, 6) is 0. The van der Waals surface area contributed by atoms with E-state index in [0.717, 1.165) is 28.4 Å². The highest BCUT2D eigenvalue weighted by molar-refractivity contribution is 7.98. The van der Waals surface area contributed by atoms with Crippen molar-refractivity contribution in [2.24, 2.45) is 0 Å². The summed E-state index contributed by atoms with van der Waals surface area (Å²) < 4.78 is 1.92. The normalized spacial score (nSPS) is 10.7. The van der Waals surface area contributed by atoms with Crippen LogP contribution in [0.1, 0.15) is 12.0 Å². The molecule has 3 rings (SSSR count). The lowest BCUT2D eigenvalue weighted by Gasteiger charge is -2.05. The second-order valence-corrected chi connectivity index (χ2v) is 5.43. The second-order valence-electron chi connectivity index (χ2n) is 4.66. The van der Waals surface area contributed by atoms with E-state index in [1.807, 2.05) is 29.1 Å². The van der Waals surface area contributed by atoms with Crippen molar-refractivity contribution in [1.29, 1.82) is 5.26 Å². The van der Waals surface area contributed by atoms with E-state index < -0.39 is 0 Å². The predicted octanol–water partition coefficient (Wildman–Crippen LogP) is 3.57. The molecule has 5 heteroatoms. The molecule has 1 aromatic carbocycles. The topological polar surface area (TPSA) is 54.0 Å². The van der Waals surface area contributed by atoms with Crippen molar-refractivity contribution in [1.82, 2.24) is 14.6 Å². The number of nitrogens with zero attached hydrogens (tertiary/aromatic N) is 4. The van der Waals surface area contributed by atoms with Crippen molar-refractivity contribution in [2.45, 2.75) is 18.0 Å². The number of fused-ring (bicyclic) bond motifs is 1. The van der Waals surface area contributed by atoms with Crippen LogP contribution in [-0.4, -0.2) is 20.9 Å². The van der Waals surface area contributed by atoms with Gasteiger partial charge < -0.3 is 0 Å². The van der Waals surface area contributed by atoms with Crippen molar-refractivity contribution in [3.05, 3.63) is 48.2 Å². The van der Waals surface area contributed by atoms with Crippen LogP contribution in [0.3, 0.4) is 0 Å². The fourth-order valence-corrected chi connectivity index (χ4v) is 2.61. The van der Waals surface area contributed by atoms with Crippen molar-refractivity contribution in [3.8, 4) is 17.3 Å². The van der Waals surface area contributed by atoms with Gasteiger partial charge in [0.05, 0.1) is 23.5 Å². The molecule has 2 heterocycles. The van der Waals surface area contributed by atoms with Crippen LogP contribution >= 0.6 is 11.8 Å². The van der Waals surface area contributed by atoms with Gasteiger partial charge in [-0.25, -0.2) is 9.50 Å². The second kappa shape index (κ2) is 5.98. The third-order valence-corrected chi connectivity index (χ3v) is 3.86. The minimum atomic E-state index is 0.539. The summed E-state index contributed by atoms with van der Waals surface area (Å²) in [7, 11) is 0. The molecule has 0 spiro atoms. The number of hydrogen-bond donors (Lipinski definition) is 0. The summed E-state index contributed by atoms with van der Waals surface area (Å²) in [4.78, 5) is 4.29. The molecule has 0 aliphatic rings. The first-order valence-electron chi connectivity index (χ1n) is 6.67. The van der Waals surface area contributed by atoms with Gasteiger partial charge >= 0.3 is 0 Å².